The Kier molecular flexibility index (Phi) is 5.74. The fraction of sp³-hybridized carbons (Fsp3) is 0.600. The molecule has 0 aromatic heterocycles. The van der Waals surface area contributed by atoms with Gasteiger partial charge in [-0.05, 0) is 43.9 Å². The molecule has 0 radical (unpaired) electrons. The molecule has 20 heavy (non-hydrogen) atoms. The third-order valence-electron chi connectivity index (χ3n) is 3.52. The molecule has 0 saturated heterocycles. The van der Waals surface area contributed by atoms with Gasteiger partial charge in [0.05, 0.1) is 4.90 Å². The summed E-state index contributed by atoms with van der Waals surface area (Å²) < 4.78 is 26.5. The molecule has 5 heteroatoms. The molecular weight excluding hydrogens is 272 g/mol. The van der Waals surface area contributed by atoms with Crippen LogP contribution < -0.4 is 5.73 Å². The summed E-state index contributed by atoms with van der Waals surface area (Å²) in [5.41, 5.74) is 6.71. The Bertz CT molecular complexity index is 521. The van der Waals surface area contributed by atoms with Gasteiger partial charge in [0.15, 0.2) is 0 Å². The van der Waals surface area contributed by atoms with Crippen LogP contribution in [0.5, 0.6) is 0 Å². The minimum Gasteiger partial charge on any atom is -0.324 e. The van der Waals surface area contributed by atoms with Crippen molar-refractivity contribution in [1.82, 2.24) is 4.31 Å². The summed E-state index contributed by atoms with van der Waals surface area (Å²) in [6.07, 6.45) is 0.841. The second-order valence-corrected chi connectivity index (χ2v) is 7.86. The van der Waals surface area contributed by atoms with E-state index < -0.39 is 10.0 Å². The van der Waals surface area contributed by atoms with E-state index in [-0.39, 0.29) is 12.1 Å². The SMILES string of the molecule is CC(C)CC(C)N(C)S(=O)(=O)c1ccc(C(C)N)cc1. The zero-order valence-electron chi connectivity index (χ0n) is 13.0. The van der Waals surface area contributed by atoms with Crippen molar-refractivity contribution in [3.63, 3.8) is 0 Å². The van der Waals surface area contributed by atoms with Crippen molar-refractivity contribution >= 4 is 10.0 Å². The van der Waals surface area contributed by atoms with Gasteiger partial charge in [-0.1, -0.05) is 26.0 Å². The van der Waals surface area contributed by atoms with Crippen molar-refractivity contribution in [3.8, 4) is 0 Å². The Morgan fingerprint density at radius 1 is 1.10 bits per heavy atom. The van der Waals surface area contributed by atoms with Gasteiger partial charge in [0.25, 0.3) is 0 Å². The first-order valence-corrected chi connectivity index (χ1v) is 8.43. The standard InChI is InChI=1S/C15H26N2O2S/c1-11(2)10-12(3)17(5)20(18,19)15-8-6-14(7-9-15)13(4)16/h6-9,11-13H,10,16H2,1-5H3. The highest BCUT2D eigenvalue weighted by Crippen LogP contribution is 2.21. The highest BCUT2D eigenvalue weighted by Gasteiger charge is 2.25. The minimum absolute atomic E-state index is 0.0203. The summed E-state index contributed by atoms with van der Waals surface area (Å²) in [5.74, 6) is 0.461. The lowest BCUT2D eigenvalue weighted by Crippen LogP contribution is -2.35. The van der Waals surface area contributed by atoms with Crippen LogP contribution >= 0.6 is 0 Å². The van der Waals surface area contributed by atoms with Crippen LogP contribution in [0.15, 0.2) is 29.2 Å². The van der Waals surface area contributed by atoms with Crippen molar-refractivity contribution in [2.24, 2.45) is 11.7 Å². The molecule has 2 N–H and O–H groups in total. The average molecular weight is 298 g/mol. The number of hydrogen-bond acceptors (Lipinski definition) is 3. The van der Waals surface area contributed by atoms with E-state index in [1.165, 1.54) is 4.31 Å². The second kappa shape index (κ2) is 6.70. The first kappa shape index (κ1) is 17.1. The van der Waals surface area contributed by atoms with E-state index in [1.807, 2.05) is 13.8 Å². The maximum atomic E-state index is 12.5. The van der Waals surface area contributed by atoms with Crippen LogP contribution in [-0.4, -0.2) is 25.8 Å². The number of benzene rings is 1. The van der Waals surface area contributed by atoms with Gasteiger partial charge in [-0.2, -0.15) is 4.31 Å². The lowest BCUT2D eigenvalue weighted by Gasteiger charge is -2.25. The van der Waals surface area contributed by atoms with E-state index in [0.717, 1.165) is 12.0 Å². The summed E-state index contributed by atoms with van der Waals surface area (Å²) in [5, 5.41) is 0. The number of rotatable bonds is 6. The minimum atomic E-state index is -3.43. The Morgan fingerprint density at radius 2 is 1.60 bits per heavy atom. The first-order chi connectivity index (χ1) is 9.16. The number of nitrogens with zero attached hydrogens (tertiary/aromatic N) is 1. The highest BCUT2D eigenvalue weighted by atomic mass is 32.2. The molecule has 1 rings (SSSR count). The van der Waals surface area contributed by atoms with E-state index in [2.05, 4.69) is 13.8 Å². The molecule has 0 spiro atoms. The van der Waals surface area contributed by atoms with Gasteiger partial charge < -0.3 is 5.73 Å². The number of nitrogens with two attached hydrogens (primary N) is 1. The normalized spacial score (nSPS) is 15.6. The van der Waals surface area contributed by atoms with Crippen LogP contribution in [0.2, 0.25) is 0 Å². The highest BCUT2D eigenvalue weighted by molar-refractivity contribution is 7.89. The molecule has 0 bridgehead atoms. The Balaban J connectivity index is 2.98. The van der Waals surface area contributed by atoms with Gasteiger partial charge in [-0.15, -0.1) is 0 Å². The third kappa shape index (κ3) is 4.04. The van der Waals surface area contributed by atoms with Gasteiger partial charge in [0.1, 0.15) is 0 Å². The van der Waals surface area contributed by atoms with Crippen molar-refractivity contribution in [2.75, 3.05) is 7.05 Å². The van der Waals surface area contributed by atoms with E-state index in [9.17, 15) is 8.42 Å². The average Bonchev–Trinajstić information content (AvgIpc) is 2.37. The van der Waals surface area contributed by atoms with Gasteiger partial charge in [-0.25, -0.2) is 8.42 Å². The lowest BCUT2D eigenvalue weighted by molar-refractivity contribution is 0.338. The molecule has 1 aromatic rings. The third-order valence-corrected chi connectivity index (χ3v) is 5.50. The van der Waals surface area contributed by atoms with Gasteiger partial charge >= 0.3 is 0 Å². The fourth-order valence-electron chi connectivity index (χ4n) is 2.18. The van der Waals surface area contributed by atoms with Crippen molar-refractivity contribution in [2.45, 2.75) is 51.1 Å². The van der Waals surface area contributed by atoms with Crippen molar-refractivity contribution < 1.29 is 8.42 Å². The summed E-state index contributed by atoms with van der Waals surface area (Å²) in [6.45, 7) is 8.00. The largest absolute Gasteiger partial charge is 0.324 e. The van der Waals surface area contributed by atoms with Crippen LogP contribution in [0.3, 0.4) is 0 Å². The predicted octanol–water partition coefficient (Wildman–Crippen LogP) is 2.76. The van der Waals surface area contributed by atoms with E-state index in [4.69, 9.17) is 5.73 Å². The molecule has 0 aliphatic carbocycles. The maximum Gasteiger partial charge on any atom is 0.243 e. The summed E-state index contributed by atoms with van der Waals surface area (Å²) >= 11 is 0. The van der Waals surface area contributed by atoms with Gasteiger partial charge in [0, 0.05) is 19.1 Å². The molecule has 0 saturated carbocycles. The number of hydrogen-bond donors (Lipinski definition) is 1. The van der Waals surface area contributed by atoms with Crippen LogP contribution in [0.25, 0.3) is 0 Å². The molecule has 0 aliphatic heterocycles. The quantitative estimate of drug-likeness (QED) is 0.878. The lowest BCUT2D eigenvalue weighted by atomic mass is 10.1. The molecule has 1 aromatic carbocycles. The topological polar surface area (TPSA) is 63.4 Å². The Hall–Kier alpha value is -0.910. The van der Waals surface area contributed by atoms with E-state index in [1.54, 1.807) is 31.3 Å². The summed E-state index contributed by atoms with van der Waals surface area (Å²) in [6, 6.07) is 6.70. The zero-order chi connectivity index (χ0) is 15.5. The number of sulfonamides is 1. The van der Waals surface area contributed by atoms with Crippen molar-refractivity contribution in [1.29, 1.82) is 0 Å². The van der Waals surface area contributed by atoms with Crippen molar-refractivity contribution in [3.05, 3.63) is 29.8 Å². The molecule has 4 nitrogen and oxygen atoms in total. The molecule has 0 aliphatic rings. The zero-order valence-corrected chi connectivity index (χ0v) is 13.8. The molecular formula is C15H26N2O2S. The fourth-order valence-corrected chi connectivity index (χ4v) is 3.55. The predicted molar refractivity (Wildman–Crippen MR) is 82.9 cm³/mol. The van der Waals surface area contributed by atoms with Crippen LogP contribution in [0, 0.1) is 5.92 Å². The molecule has 0 heterocycles. The van der Waals surface area contributed by atoms with Crippen LogP contribution in [-0.2, 0) is 10.0 Å². The molecule has 114 valence electrons. The van der Waals surface area contributed by atoms with Crippen LogP contribution in [0.1, 0.15) is 45.7 Å². The van der Waals surface area contributed by atoms with E-state index >= 15 is 0 Å². The Labute approximate surface area is 123 Å². The van der Waals surface area contributed by atoms with E-state index in [0.29, 0.717) is 10.8 Å². The molecule has 0 fully saturated rings. The smallest absolute Gasteiger partial charge is 0.243 e. The maximum absolute atomic E-state index is 12.5. The molecule has 0 amide bonds. The second-order valence-electron chi connectivity index (χ2n) is 5.86. The summed E-state index contributed by atoms with van der Waals surface area (Å²) in [7, 11) is -1.79. The monoisotopic (exact) mass is 298 g/mol. The Morgan fingerprint density at radius 3 is 2.00 bits per heavy atom. The molecule has 2 atom stereocenters. The van der Waals surface area contributed by atoms with Crippen LogP contribution in [0.4, 0.5) is 0 Å². The van der Waals surface area contributed by atoms with Gasteiger partial charge in [0.2, 0.25) is 10.0 Å². The molecule has 2 unspecified atom stereocenters. The summed E-state index contributed by atoms with van der Waals surface area (Å²) in [4.78, 5) is 0.319. The van der Waals surface area contributed by atoms with Gasteiger partial charge in [-0.3, -0.25) is 0 Å². The first-order valence-electron chi connectivity index (χ1n) is 6.99.